The average molecular weight is 394 g/mol. The average Bonchev–Trinajstić information content (AvgIpc) is 2.34. The van der Waals surface area contributed by atoms with Gasteiger partial charge >= 0.3 is 0 Å². The molecule has 0 saturated carbocycles. The zero-order valence-corrected chi connectivity index (χ0v) is 12.5. The molecular formula is C11H6Cl2IN3O. The normalized spacial score (nSPS) is 10.2. The van der Waals surface area contributed by atoms with Gasteiger partial charge in [0.1, 0.15) is 12.0 Å². The monoisotopic (exact) mass is 393 g/mol. The van der Waals surface area contributed by atoms with E-state index in [1.807, 2.05) is 12.1 Å². The van der Waals surface area contributed by atoms with Gasteiger partial charge in [0, 0.05) is 9.13 Å². The predicted molar refractivity (Wildman–Crippen MR) is 79.2 cm³/mol. The minimum absolute atomic E-state index is 0.105. The van der Waals surface area contributed by atoms with E-state index in [1.165, 1.54) is 6.33 Å². The zero-order chi connectivity index (χ0) is 13.1. The van der Waals surface area contributed by atoms with Crippen molar-refractivity contribution in [2.75, 3.05) is 5.32 Å². The molecular weight excluding hydrogens is 388 g/mol. The fraction of sp³-hybridized carbons (Fsp3) is 0. The molecule has 0 fully saturated rings. The second-order valence-corrected chi connectivity index (χ2v) is 5.25. The number of nitrogens with zero attached hydrogens (tertiary/aromatic N) is 2. The van der Waals surface area contributed by atoms with Crippen LogP contribution in [0.3, 0.4) is 0 Å². The summed E-state index contributed by atoms with van der Waals surface area (Å²) in [6.07, 6.45) is 1.23. The fourth-order valence-corrected chi connectivity index (χ4v) is 2.00. The summed E-state index contributed by atoms with van der Waals surface area (Å²) < 4.78 is 1.04. The Morgan fingerprint density at radius 2 is 1.67 bits per heavy atom. The lowest BCUT2D eigenvalue weighted by Gasteiger charge is -2.07. The molecule has 0 spiro atoms. The Bertz CT molecular complexity index is 569. The SMILES string of the molecule is O=C(Nc1c(Cl)ncnc1Cl)c1ccc(I)cc1. The van der Waals surface area contributed by atoms with Gasteiger partial charge in [-0.2, -0.15) is 0 Å². The van der Waals surface area contributed by atoms with Crippen molar-refractivity contribution in [3.8, 4) is 0 Å². The van der Waals surface area contributed by atoms with Gasteiger partial charge in [0.25, 0.3) is 5.91 Å². The van der Waals surface area contributed by atoms with Crippen LogP contribution >= 0.6 is 45.8 Å². The first-order valence-electron chi connectivity index (χ1n) is 4.81. The van der Waals surface area contributed by atoms with Crippen molar-refractivity contribution in [3.05, 3.63) is 50.0 Å². The molecule has 1 heterocycles. The fourth-order valence-electron chi connectivity index (χ4n) is 1.23. The molecule has 0 saturated heterocycles. The summed E-state index contributed by atoms with van der Waals surface area (Å²) in [6.45, 7) is 0. The van der Waals surface area contributed by atoms with E-state index in [1.54, 1.807) is 12.1 Å². The molecule has 0 aliphatic rings. The van der Waals surface area contributed by atoms with Gasteiger partial charge in [-0.15, -0.1) is 0 Å². The number of hydrogen-bond donors (Lipinski definition) is 1. The van der Waals surface area contributed by atoms with Crippen LogP contribution in [-0.2, 0) is 0 Å². The third-order valence-electron chi connectivity index (χ3n) is 2.10. The van der Waals surface area contributed by atoms with Crippen molar-refractivity contribution in [1.29, 1.82) is 0 Å². The molecule has 1 aromatic heterocycles. The molecule has 0 aliphatic carbocycles. The highest BCUT2D eigenvalue weighted by atomic mass is 127. The van der Waals surface area contributed by atoms with Crippen LogP contribution in [0, 0.1) is 3.57 Å². The maximum absolute atomic E-state index is 11.9. The third kappa shape index (κ3) is 3.09. The molecule has 0 aliphatic heterocycles. The highest BCUT2D eigenvalue weighted by molar-refractivity contribution is 14.1. The summed E-state index contributed by atoms with van der Waals surface area (Å²) in [5.74, 6) is -0.315. The number of halogens is 3. The largest absolute Gasteiger partial charge is 0.317 e. The van der Waals surface area contributed by atoms with Crippen LogP contribution < -0.4 is 5.32 Å². The molecule has 0 bridgehead atoms. The summed E-state index contributed by atoms with van der Waals surface area (Å²) in [7, 11) is 0. The minimum atomic E-state index is -0.315. The number of nitrogens with one attached hydrogen (secondary N) is 1. The van der Waals surface area contributed by atoms with Gasteiger partial charge < -0.3 is 5.32 Å². The molecule has 0 unspecified atom stereocenters. The van der Waals surface area contributed by atoms with E-state index < -0.39 is 0 Å². The second-order valence-electron chi connectivity index (χ2n) is 3.29. The van der Waals surface area contributed by atoms with Gasteiger partial charge in [0.05, 0.1) is 0 Å². The van der Waals surface area contributed by atoms with E-state index in [-0.39, 0.29) is 21.9 Å². The molecule has 0 radical (unpaired) electrons. The van der Waals surface area contributed by atoms with Gasteiger partial charge in [-0.1, -0.05) is 23.2 Å². The number of rotatable bonds is 2. The zero-order valence-electron chi connectivity index (χ0n) is 8.82. The summed E-state index contributed by atoms with van der Waals surface area (Å²) in [5, 5.41) is 2.79. The number of hydrogen-bond acceptors (Lipinski definition) is 3. The summed E-state index contributed by atoms with van der Waals surface area (Å²) >= 11 is 13.8. The van der Waals surface area contributed by atoms with E-state index in [0.29, 0.717) is 5.56 Å². The van der Waals surface area contributed by atoms with E-state index in [2.05, 4.69) is 37.9 Å². The van der Waals surface area contributed by atoms with E-state index >= 15 is 0 Å². The lowest BCUT2D eigenvalue weighted by molar-refractivity contribution is 0.102. The van der Waals surface area contributed by atoms with Crippen LogP contribution in [0.1, 0.15) is 10.4 Å². The van der Waals surface area contributed by atoms with Crippen LogP contribution in [-0.4, -0.2) is 15.9 Å². The first kappa shape index (κ1) is 13.5. The topological polar surface area (TPSA) is 54.9 Å². The van der Waals surface area contributed by atoms with Crippen LogP contribution in [0.4, 0.5) is 5.69 Å². The van der Waals surface area contributed by atoms with Crippen LogP contribution in [0.5, 0.6) is 0 Å². The molecule has 0 atom stereocenters. The predicted octanol–water partition coefficient (Wildman–Crippen LogP) is 3.64. The van der Waals surface area contributed by atoms with Crippen LogP contribution in [0.15, 0.2) is 30.6 Å². The quantitative estimate of drug-likeness (QED) is 0.626. The van der Waals surface area contributed by atoms with Gasteiger partial charge in [-0.05, 0) is 46.9 Å². The van der Waals surface area contributed by atoms with Crippen molar-refractivity contribution >= 4 is 57.4 Å². The van der Waals surface area contributed by atoms with E-state index in [0.717, 1.165) is 3.57 Å². The highest BCUT2D eigenvalue weighted by Crippen LogP contribution is 2.26. The second kappa shape index (κ2) is 5.81. The Balaban J connectivity index is 2.24. The van der Waals surface area contributed by atoms with Crippen molar-refractivity contribution in [2.24, 2.45) is 0 Å². The van der Waals surface area contributed by atoms with Gasteiger partial charge in [-0.25, -0.2) is 9.97 Å². The molecule has 2 aromatic rings. The third-order valence-corrected chi connectivity index (χ3v) is 3.39. The number of aromatic nitrogens is 2. The Morgan fingerprint density at radius 3 is 2.22 bits per heavy atom. The van der Waals surface area contributed by atoms with Crippen molar-refractivity contribution < 1.29 is 4.79 Å². The maximum atomic E-state index is 11.9. The summed E-state index contributed by atoms with van der Waals surface area (Å²) in [5.41, 5.74) is 0.718. The molecule has 1 amide bonds. The first-order valence-corrected chi connectivity index (χ1v) is 6.64. The Hall–Kier alpha value is -0.920. The number of benzene rings is 1. The smallest absolute Gasteiger partial charge is 0.255 e. The Morgan fingerprint density at radius 1 is 1.11 bits per heavy atom. The lowest BCUT2D eigenvalue weighted by atomic mass is 10.2. The summed E-state index contributed by atoms with van der Waals surface area (Å²) in [4.78, 5) is 19.5. The Labute approximate surface area is 127 Å². The Kier molecular flexibility index (Phi) is 4.36. The number of anilines is 1. The van der Waals surface area contributed by atoms with Crippen molar-refractivity contribution in [3.63, 3.8) is 0 Å². The number of amides is 1. The molecule has 2 rings (SSSR count). The van der Waals surface area contributed by atoms with E-state index in [9.17, 15) is 4.79 Å². The molecule has 1 N–H and O–H groups in total. The molecule has 92 valence electrons. The van der Waals surface area contributed by atoms with E-state index in [4.69, 9.17) is 23.2 Å². The molecule has 4 nitrogen and oxygen atoms in total. The lowest BCUT2D eigenvalue weighted by Crippen LogP contribution is -2.13. The van der Waals surface area contributed by atoms with Gasteiger partial charge in [-0.3, -0.25) is 4.79 Å². The van der Waals surface area contributed by atoms with Gasteiger partial charge in [0.2, 0.25) is 0 Å². The van der Waals surface area contributed by atoms with Crippen LogP contribution in [0.25, 0.3) is 0 Å². The number of carbonyl (C=O) groups is 1. The minimum Gasteiger partial charge on any atom is -0.317 e. The van der Waals surface area contributed by atoms with Crippen LogP contribution in [0.2, 0.25) is 10.3 Å². The van der Waals surface area contributed by atoms with Gasteiger partial charge in [0.15, 0.2) is 10.3 Å². The first-order chi connectivity index (χ1) is 8.58. The molecule has 7 heteroatoms. The standard InChI is InChI=1S/C11H6Cl2IN3O/c12-9-8(10(13)16-5-15-9)17-11(18)6-1-3-7(14)4-2-6/h1-5H,(H,17,18). The summed E-state index contributed by atoms with van der Waals surface area (Å²) in [6, 6.07) is 7.09. The maximum Gasteiger partial charge on any atom is 0.255 e. The van der Waals surface area contributed by atoms with Crippen molar-refractivity contribution in [2.45, 2.75) is 0 Å². The van der Waals surface area contributed by atoms with Crippen molar-refractivity contribution in [1.82, 2.24) is 9.97 Å². The molecule has 1 aromatic carbocycles. The highest BCUT2D eigenvalue weighted by Gasteiger charge is 2.12. The molecule has 18 heavy (non-hydrogen) atoms. The number of carbonyl (C=O) groups excluding carboxylic acids is 1.